The molecule has 9 heavy (non-hydrogen) atoms. The first-order valence-corrected chi connectivity index (χ1v) is 3.86. The molecule has 0 aliphatic carbocycles. The van der Waals surface area contributed by atoms with Crippen LogP contribution in [0.15, 0.2) is 0 Å². The first kappa shape index (κ1) is 8.67. The molecule has 0 bridgehead atoms. The van der Waals surface area contributed by atoms with E-state index in [1.54, 1.807) is 0 Å². The fourth-order valence-electron chi connectivity index (χ4n) is 0.459. The predicted molar refractivity (Wildman–Crippen MR) is 40.0 cm³/mol. The highest BCUT2D eigenvalue weighted by Gasteiger charge is 2.13. The van der Waals surface area contributed by atoms with Crippen LogP contribution in [0.25, 0.3) is 0 Å². The van der Waals surface area contributed by atoms with Crippen LogP contribution in [0.2, 0.25) is 0 Å². The van der Waals surface area contributed by atoms with Crippen LogP contribution in [0.3, 0.4) is 0 Å². The Bertz CT molecular complexity index is 117. The molecule has 0 saturated carbocycles. The maximum Gasteiger partial charge on any atom is 0.146 e. The Morgan fingerprint density at radius 3 is 2.56 bits per heavy atom. The van der Waals surface area contributed by atoms with E-state index in [1.807, 2.05) is 13.8 Å². The monoisotopic (exact) mass is 143 g/mol. The van der Waals surface area contributed by atoms with Gasteiger partial charge in [0.1, 0.15) is 10.5 Å². The zero-order valence-corrected chi connectivity index (χ0v) is 8.27. The van der Waals surface area contributed by atoms with Crippen LogP contribution < -0.4 is 0 Å². The van der Waals surface area contributed by atoms with Gasteiger partial charge in [-0.3, -0.25) is 0 Å². The largest absolute Gasteiger partial charge is 0.423 e. The zero-order valence-electron chi connectivity index (χ0n) is 6.27. The van der Waals surface area contributed by atoms with E-state index in [4.69, 9.17) is 9.69 Å². The van der Waals surface area contributed by atoms with Gasteiger partial charge in [-0.2, -0.15) is 5.26 Å². The molecule has 0 saturated heterocycles. The molecule has 0 aromatic heterocycles. The van der Waals surface area contributed by atoms with Crippen LogP contribution in [-0.4, -0.2) is 16.1 Å². The van der Waals surface area contributed by atoms with Crippen LogP contribution in [0.1, 0.15) is 26.7 Å². The third-order valence-corrected chi connectivity index (χ3v) is 2.50. The van der Waals surface area contributed by atoms with Gasteiger partial charge in [0.25, 0.3) is 0 Å². The van der Waals surface area contributed by atoms with E-state index in [2.05, 4.69) is 6.07 Å². The average Bonchev–Trinajstić information content (AvgIpc) is 1.84. The molecule has 0 N–H and O–H groups in total. The molecule has 0 unspecified atom stereocenters. The van der Waals surface area contributed by atoms with Gasteiger partial charge in [0.2, 0.25) is 0 Å². The molecular weight excluding hydrogens is 130 g/mol. The molecule has 0 amide bonds. The molecular formula is C6H13NOSi. The molecule has 3 heteroatoms. The summed E-state index contributed by atoms with van der Waals surface area (Å²) in [6.45, 7) is 4.02. The summed E-state index contributed by atoms with van der Waals surface area (Å²) in [5.74, 6) is 0. The minimum atomic E-state index is -0.0675. The molecule has 0 aliphatic rings. The Balaban J connectivity index is 3.48. The maximum atomic E-state index is 8.23. The fourth-order valence-corrected chi connectivity index (χ4v) is 0.663. The van der Waals surface area contributed by atoms with E-state index in [0.29, 0.717) is 6.42 Å². The third kappa shape index (κ3) is 4.19. The molecule has 0 heterocycles. The van der Waals surface area contributed by atoms with E-state index < -0.39 is 0 Å². The van der Waals surface area contributed by atoms with Crippen LogP contribution in [-0.2, 0) is 4.43 Å². The average molecular weight is 143 g/mol. The van der Waals surface area contributed by atoms with E-state index >= 15 is 0 Å². The second-order valence-electron chi connectivity index (χ2n) is 2.62. The van der Waals surface area contributed by atoms with Crippen LogP contribution in [0, 0.1) is 11.3 Å². The quantitative estimate of drug-likeness (QED) is 0.535. The molecule has 0 spiro atoms. The van der Waals surface area contributed by atoms with E-state index in [0.717, 1.165) is 16.9 Å². The summed E-state index contributed by atoms with van der Waals surface area (Å²) in [6, 6.07) is 2.09. The minimum absolute atomic E-state index is 0.0675. The molecule has 0 aliphatic heterocycles. The Hall–Kier alpha value is -0.333. The van der Waals surface area contributed by atoms with Crippen molar-refractivity contribution in [1.82, 2.24) is 0 Å². The molecule has 0 aromatic carbocycles. The SMILES string of the molecule is CC(C)(CCC#N)O[SiH3]. The second kappa shape index (κ2) is 3.65. The number of nitrogens with zero attached hydrogens (tertiary/aromatic N) is 1. The first-order valence-electron chi connectivity index (χ1n) is 3.04. The minimum Gasteiger partial charge on any atom is -0.423 e. The summed E-state index contributed by atoms with van der Waals surface area (Å²) in [6.07, 6.45) is 1.43. The molecule has 0 radical (unpaired) electrons. The topological polar surface area (TPSA) is 33.0 Å². The van der Waals surface area contributed by atoms with Crippen LogP contribution >= 0.6 is 0 Å². The molecule has 0 rings (SSSR count). The van der Waals surface area contributed by atoms with Crippen molar-refractivity contribution in [3.05, 3.63) is 0 Å². The van der Waals surface area contributed by atoms with Crippen molar-refractivity contribution in [1.29, 1.82) is 5.26 Å². The second-order valence-corrected chi connectivity index (χ2v) is 3.03. The van der Waals surface area contributed by atoms with Crippen molar-refractivity contribution in [3.8, 4) is 6.07 Å². The summed E-state index contributed by atoms with van der Waals surface area (Å²) in [5.41, 5.74) is -0.0675. The van der Waals surface area contributed by atoms with Gasteiger partial charge in [0.05, 0.1) is 11.7 Å². The summed E-state index contributed by atoms with van der Waals surface area (Å²) < 4.78 is 5.23. The lowest BCUT2D eigenvalue weighted by molar-refractivity contribution is 0.115. The first-order chi connectivity index (χ1) is 4.12. The molecule has 0 atom stereocenters. The third-order valence-electron chi connectivity index (χ3n) is 1.39. The Morgan fingerprint density at radius 2 is 2.22 bits per heavy atom. The van der Waals surface area contributed by atoms with Gasteiger partial charge in [-0.25, -0.2) is 0 Å². The Labute approximate surface area is 59.4 Å². The molecule has 2 nitrogen and oxygen atoms in total. The van der Waals surface area contributed by atoms with Crippen LogP contribution in [0.5, 0.6) is 0 Å². The standard InChI is InChI=1S/C6H13NOSi/c1-6(2,8-9)4-3-5-7/h3-4H2,1-2,9H3. The highest BCUT2D eigenvalue weighted by molar-refractivity contribution is 5.98. The zero-order chi connectivity index (χ0) is 7.33. The number of hydrogen-bond donors (Lipinski definition) is 0. The van der Waals surface area contributed by atoms with Crippen molar-refractivity contribution in [3.63, 3.8) is 0 Å². The number of nitriles is 1. The Kier molecular flexibility index (Phi) is 3.51. The van der Waals surface area contributed by atoms with Crippen molar-refractivity contribution in [2.45, 2.75) is 32.3 Å². The van der Waals surface area contributed by atoms with Gasteiger partial charge in [0.15, 0.2) is 0 Å². The van der Waals surface area contributed by atoms with Gasteiger partial charge in [-0.05, 0) is 20.3 Å². The van der Waals surface area contributed by atoms with E-state index in [-0.39, 0.29) is 5.60 Å². The van der Waals surface area contributed by atoms with E-state index in [9.17, 15) is 0 Å². The van der Waals surface area contributed by atoms with Crippen LogP contribution in [0.4, 0.5) is 0 Å². The number of rotatable bonds is 3. The lowest BCUT2D eigenvalue weighted by Crippen LogP contribution is -2.22. The van der Waals surface area contributed by atoms with Gasteiger partial charge in [-0.1, -0.05) is 0 Å². The summed E-state index contributed by atoms with van der Waals surface area (Å²) in [4.78, 5) is 0. The van der Waals surface area contributed by atoms with Crippen molar-refractivity contribution >= 4 is 10.5 Å². The van der Waals surface area contributed by atoms with Crippen molar-refractivity contribution in [2.75, 3.05) is 0 Å². The predicted octanol–water partition coefficient (Wildman–Crippen LogP) is 0.366. The van der Waals surface area contributed by atoms with Crippen molar-refractivity contribution < 1.29 is 4.43 Å². The molecule has 0 aromatic rings. The van der Waals surface area contributed by atoms with E-state index in [1.165, 1.54) is 0 Å². The van der Waals surface area contributed by atoms with Gasteiger partial charge < -0.3 is 4.43 Å². The van der Waals surface area contributed by atoms with Gasteiger partial charge >= 0.3 is 0 Å². The van der Waals surface area contributed by atoms with Gasteiger partial charge in [0, 0.05) is 6.42 Å². The lowest BCUT2D eigenvalue weighted by atomic mass is 10.0. The normalized spacial score (nSPS) is 11.2. The van der Waals surface area contributed by atoms with Gasteiger partial charge in [-0.15, -0.1) is 0 Å². The highest BCUT2D eigenvalue weighted by atomic mass is 28.2. The molecule has 0 fully saturated rings. The lowest BCUT2D eigenvalue weighted by Gasteiger charge is -2.21. The van der Waals surface area contributed by atoms with Crippen molar-refractivity contribution in [2.24, 2.45) is 0 Å². The highest BCUT2D eigenvalue weighted by Crippen LogP contribution is 2.13. The Morgan fingerprint density at radius 1 is 1.67 bits per heavy atom. The summed E-state index contributed by atoms with van der Waals surface area (Å²) >= 11 is 0. The molecule has 52 valence electrons. The maximum absolute atomic E-state index is 8.23. The fraction of sp³-hybridized carbons (Fsp3) is 0.833. The summed E-state index contributed by atoms with van der Waals surface area (Å²) in [5, 5.41) is 8.23. The smallest absolute Gasteiger partial charge is 0.146 e. The number of hydrogen-bond acceptors (Lipinski definition) is 2. The summed E-state index contributed by atoms with van der Waals surface area (Å²) in [7, 11) is 0.755.